The van der Waals surface area contributed by atoms with E-state index < -0.39 is 0 Å². The van der Waals surface area contributed by atoms with E-state index in [-0.39, 0.29) is 0 Å². The lowest BCUT2D eigenvalue weighted by atomic mass is 10.0. The van der Waals surface area contributed by atoms with Gasteiger partial charge in [-0.25, -0.2) is 0 Å². The third-order valence-corrected chi connectivity index (χ3v) is 2.16. The van der Waals surface area contributed by atoms with E-state index in [1.807, 2.05) is 30.3 Å². The van der Waals surface area contributed by atoms with Crippen LogP contribution in [-0.4, -0.2) is 0 Å². The average molecular weight is 179 g/mol. The molecule has 14 heavy (non-hydrogen) atoms. The van der Waals surface area contributed by atoms with E-state index in [4.69, 9.17) is 0 Å². The first kappa shape index (κ1) is 8.76. The number of benzene rings is 2. The van der Waals surface area contributed by atoms with Gasteiger partial charge in [0.2, 0.25) is 0 Å². The van der Waals surface area contributed by atoms with E-state index in [0.29, 0.717) is 0 Å². The predicted octanol–water partition coefficient (Wildman–Crippen LogP) is 3.80. The summed E-state index contributed by atoms with van der Waals surface area (Å²) in [5.74, 6) is 0. The second kappa shape index (κ2) is 3.93. The van der Waals surface area contributed by atoms with Gasteiger partial charge in [-0.3, -0.25) is 0 Å². The highest BCUT2D eigenvalue weighted by Gasteiger charge is 1.94. The monoisotopic (exact) mass is 179 g/mol. The Hall–Kier alpha value is -1.82. The Morgan fingerprint density at radius 2 is 1.71 bits per heavy atom. The normalized spacial score (nSPS) is 9.71. The summed E-state index contributed by atoms with van der Waals surface area (Å²) in [6.45, 7) is 3.70. The fourth-order valence-corrected chi connectivity index (χ4v) is 1.37. The van der Waals surface area contributed by atoms with Crippen LogP contribution in [0.5, 0.6) is 0 Å². The molecule has 0 N–H and O–H groups in total. The molecule has 2 rings (SSSR count). The predicted molar refractivity (Wildman–Crippen MR) is 60.8 cm³/mol. The van der Waals surface area contributed by atoms with Gasteiger partial charge in [0.05, 0.1) is 0 Å². The van der Waals surface area contributed by atoms with Gasteiger partial charge in [-0.05, 0) is 28.8 Å². The Labute approximate surface area is 84.5 Å². The quantitative estimate of drug-likeness (QED) is 0.657. The van der Waals surface area contributed by atoms with Crippen LogP contribution in [0.1, 0.15) is 5.56 Å². The van der Waals surface area contributed by atoms with Crippen LogP contribution in [0.25, 0.3) is 17.2 Å². The lowest BCUT2D eigenvalue weighted by Gasteiger charge is -2.00. The molecule has 0 unspecified atom stereocenters. The molecule has 67 valence electrons. The largest absolute Gasteiger partial charge is 0.0984 e. The first-order valence-electron chi connectivity index (χ1n) is 4.60. The highest BCUT2D eigenvalue weighted by molar-refractivity contribution is 5.64. The topological polar surface area (TPSA) is 0 Å². The summed E-state index contributed by atoms with van der Waals surface area (Å²) in [6.07, 6.45) is 1.80. The summed E-state index contributed by atoms with van der Waals surface area (Å²) in [4.78, 5) is 0. The molecule has 0 amide bonds. The van der Waals surface area contributed by atoms with Crippen LogP contribution in [0.2, 0.25) is 0 Å². The molecule has 0 saturated heterocycles. The molecular formula is C14H11. The third-order valence-electron chi connectivity index (χ3n) is 2.16. The lowest BCUT2D eigenvalue weighted by Crippen LogP contribution is -1.77. The van der Waals surface area contributed by atoms with E-state index in [2.05, 4.69) is 30.8 Å². The number of hydrogen-bond acceptors (Lipinski definition) is 0. The number of rotatable bonds is 2. The molecule has 0 aliphatic carbocycles. The highest BCUT2D eigenvalue weighted by atomic mass is 14.0. The number of hydrogen-bond donors (Lipinski definition) is 0. The summed E-state index contributed by atoms with van der Waals surface area (Å²) in [7, 11) is 0. The van der Waals surface area contributed by atoms with Crippen LogP contribution < -0.4 is 0 Å². The zero-order chi connectivity index (χ0) is 9.80. The van der Waals surface area contributed by atoms with Crippen molar-refractivity contribution in [2.24, 2.45) is 0 Å². The SMILES string of the molecule is C=Cc1[c]cc(-c2ccccc2)cc1. The third kappa shape index (κ3) is 1.74. The van der Waals surface area contributed by atoms with E-state index in [9.17, 15) is 0 Å². The van der Waals surface area contributed by atoms with Gasteiger partial charge < -0.3 is 0 Å². The zero-order valence-electron chi connectivity index (χ0n) is 7.90. The van der Waals surface area contributed by atoms with Gasteiger partial charge in [-0.1, -0.05) is 55.1 Å². The van der Waals surface area contributed by atoms with Gasteiger partial charge in [0, 0.05) is 0 Å². The van der Waals surface area contributed by atoms with Crippen molar-refractivity contribution in [3.63, 3.8) is 0 Å². The minimum atomic E-state index is 1.03. The summed E-state index contributed by atoms with van der Waals surface area (Å²) in [5, 5.41) is 0. The minimum Gasteiger partial charge on any atom is -0.0984 e. The van der Waals surface area contributed by atoms with Crippen molar-refractivity contribution in [1.82, 2.24) is 0 Å². The van der Waals surface area contributed by atoms with E-state index >= 15 is 0 Å². The van der Waals surface area contributed by atoms with Crippen molar-refractivity contribution in [3.8, 4) is 11.1 Å². The maximum atomic E-state index is 3.70. The molecular weight excluding hydrogens is 168 g/mol. The molecule has 0 fully saturated rings. The van der Waals surface area contributed by atoms with Gasteiger partial charge >= 0.3 is 0 Å². The smallest absolute Gasteiger partial charge is 0.00992 e. The van der Waals surface area contributed by atoms with Crippen molar-refractivity contribution < 1.29 is 0 Å². The zero-order valence-corrected chi connectivity index (χ0v) is 7.90. The van der Waals surface area contributed by atoms with Crippen LogP contribution in [0.3, 0.4) is 0 Å². The summed E-state index contributed by atoms with van der Waals surface area (Å²) in [6, 6.07) is 19.6. The Balaban J connectivity index is 2.39. The summed E-state index contributed by atoms with van der Waals surface area (Å²) >= 11 is 0. The molecule has 1 radical (unpaired) electrons. The molecule has 0 atom stereocenters. The van der Waals surface area contributed by atoms with Gasteiger partial charge in [-0.2, -0.15) is 0 Å². The van der Waals surface area contributed by atoms with E-state index in [1.54, 1.807) is 6.08 Å². The van der Waals surface area contributed by atoms with Crippen LogP contribution in [0.15, 0.2) is 55.1 Å². The van der Waals surface area contributed by atoms with Crippen molar-refractivity contribution >= 4 is 6.08 Å². The molecule has 0 aromatic heterocycles. The second-order valence-electron chi connectivity index (χ2n) is 3.10. The van der Waals surface area contributed by atoms with Gasteiger partial charge in [0.15, 0.2) is 0 Å². The highest BCUT2D eigenvalue weighted by Crippen LogP contribution is 2.18. The Morgan fingerprint density at radius 3 is 2.29 bits per heavy atom. The molecule has 0 spiro atoms. The van der Waals surface area contributed by atoms with Crippen LogP contribution in [0, 0.1) is 6.07 Å². The fourth-order valence-electron chi connectivity index (χ4n) is 1.37. The Kier molecular flexibility index (Phi) is 2.46. The fraction of sp³-hybridized carbons (Fsp3) is 0. The summed E-state index contributed by atoms with van der Waals surface area (Å²) in [5.41, 5.74) is 3.44. The first-order chi connectivity index (χ1) is 6.90. The van der Waals surface area contributed by atoms with Crippen molar-refractivity contribution in [3.05, 3.63) is 66.7 Å². The molecule has 0 bridgehead atoms. The standard InChI is InChI=1S/C14H11/c1-2-12-8-10-14(11-9-12)13-6-4-3-5-7-13/h2-8,10-11H,1H2. The Morgan fingerprint density at radius 1 is 0.929 bits per heavy atom. The lowest BCUT2D eigenvalue weighted by molar-refractivity contribution is 1.59. The van der Waals surface area contributed by atoms with E-state index in [0.717, 1.165) is 5.56 Å². The molecule has 0 heteroatoms. The minimum absolute atomic E-state index is 1.03. The molecule has 0 heterocycles. The molecule has 2 aromatic rings. The van der Waals surface area contributed by atoms with Crippen LogP contribution >= 0.6 is 0 Å². The molecule has 0 aliphatic rings. The average Bonchev–Trinajstić information content (AvgIpc) is 2.30. The molecule has 0 saturated carbocycles. The van der Waals surface area contributed by atoms with Crippen LogP contribution in [-0.2, 0) is 0 Å². The van der Waals surface area contributed by atoms with Crippen LogP contribution in [0.4, 0.5) is 0 Å². The molecule has 2 aromatic carbocycles. The van der Waals surface area contributed by atoms with Gasteiger partial charge in [0.25, 0.3) is 0 Å². The van der Waals surface area contributed by atoms with Crippen molar-refractivity contribution in [2.75, 3.05) is 0 Å². The second-order valence-corrected chi connectivity index (χ2v) is 3.10. The van der Waals surface area contributed by atoms with Gasteiger partial charge in [-0.15, -0.1) is 0 Å². The van der Waals surface area contributed by atoms with Crippen molar-refractivity contribution in [2.45, 2.75) is 0 Å². The maximum absolute atomic E-state index is 3.70. The van der Waals surface area contributed by atoms with Gasteiger partial charge in [0.1, 0.15) is 0 Å². The van der Waals surface area contributed by atoms with Crippen molar-refractivity contribution in [1.29, 1.82) is 0 Å². The first-order valence-corrected chi connectivity index (χ1v) is 4.60. The maximum Gasteiger partial charge on any atom is -0.00992 e. The van der Waals surface area contributed by atoms with E-state index in [1.165, 1.54) is 11.1 Å². The Bertz CT molecular complexity index is 410. The molecule has 0 nitrogen and oxygen atoms in total. The molecule has 0 aliphatic heterocycles. The summed E-state index contributed by atoms with van der Waals surface area (Å²) < 4.78 is 0.